The Morgan fingerprint density at radius 2 is 1.48 bits per heavy atom. The summed E-state index contributed by atoms with van der Waals surface area (Å²) < 4.78 is 6.07. The summed E-state index contributed by atoms with van der Waals surface area (Å²) in [6.07, 6.45) is 0. The fourth-order valence-corrected chi connectivity index (χ4v) is 4.98. The largest absolute Gasteiger partial charge is 0.507 e. The number of nitrogens with zero attached hydrogens (tertiary/aromatic N) is 1. The summed E-state index contributed by atoms with van der Waals surface area (Å²) >= 11 is 0. The van der Waals surface area contributed by atoms with Gasteiger partial charge in [-0.05, 0) is 78.4 Å². The van der Waals surface area contributed by atoms with Crippen molar-refractivity contribution in [2.75, 3.05) is 4.90 Å². The Labute approximate surface area is 235 Å². The van der Waals surface area contributed by atoms with E-state index < -0.39 is 17.7 Å². The minimum absolute atomic E-state index is 0.0524. The molecule has 4 aromatic carbocycles. The number of ether oxygens (including phenoxy) is 1. The van der Waals surface area contributed by atoms with Crippen molar-refractivity contribution in [3.8, 4) is 11.5 Å². The van der Waals surface area contributed by atoms with Crippen molar-refractivity contribution in [3.63, 3.8) is 0 Å². The van der Waals surface area contributed by atoms with Gasteiger partial charge in [0.05, 0.1) is 11.6 Å². The Kier molecular flexibility index (Phi) is 7.07. The highest BCUT2D eigenvalue weighted by molar-refractivity contribution is 6.51. The van der Waals surface area contributed by atoms with Gasteiger partial charge in [-0.1, -0.05) is 80.9 Å². The maximum absolute atomic E-state index is 13.7. The molecule has 1 aliphatic heterocycles. The van der Waals surface area contributed by atoms with Gasteiger partial charge < -0.3 is 9.84 Å². The van der Waals surface area contributed by atoms with Crippen LogP contribution in [0.3, 0.4) is 0 Å². The number of aliphatic hydroxyl groups is 1. The summed E-state index contributed by atoms with van der Waals surface area (Å²) in [7, 11) is 0. The summed E-state index contributed by atoms with van der Waals surface area (Å²) in [4.78, 5) is 28.8. The highest BCUT2D eigenvalue weighted by Crippen LogP contribution is 2.44. The van der Waals surface area contributed by atoms with Gasteiger partial charge in [0.1, 0.15) is 17.3 Å². The summed E-state index contributed by atoms with van der Waals surface area (Å²) in [5.41, 5.74) is 4.51. The standard InChI is InChI=1S/C35H33NO4/c1-22-14-18-26(19-15-22)36-31(24-10-9-13-28(20-24)40-27-11-7-6-8-12-27)30(33(38)34(36)39)32(37)29-21-25(35(3,4)5)17-16-23(29)2/h6-21,31,37H,1-5H3/b32-30+. The molecular formula is C35H33NO4. The van der Waals surface area contributed by atoms with E-state index in [0.717, 1.165) is 16.7 Å². The lowest BCUT2D eigenvalue weighted by Crippen LogP contribution is -2.29. The zero-order valence-electron chi connectivity index (χ0n) is 23.4. The Morgan fingerprint density at radius 1 is 0.800 bits per heavy atom. The summed E-state index contributed by atoms with van der Waals surface area (Å²) in [5.74, 6) is -0.366. The number of aryl methyl sites for hydroxylation is 2. The second-order valence-corrected chi connectivity index (χ2v) is 11.3. The fourth-order valence-electron chi connectivity index (χ4n) is 4.98. The predicted octanol–water partition coefficient (Wildman–Crippen LogP) is 8.02. The average molecular weight is 532 g/mol. The SMILES string of the molecule is Cc1ccc(N2C(=O)C(=O)/C(=C(/O)c3cc(C(C)(C)C)ccc3C)C2c2cccc(Oc3ccccc3)c2)cc1. The van der Waals surface area contributed by atoms with E-state index in [0.29, 0.717) is 28.3 Å². The number of aliphatic hydroxyl groups excluding tert-OH is 1. The highest BCUT2D eigenvalue weighted by Gasteiger charge is 2.47. The van der Waals surface area contributed by atoms with E-state index in [1.54, 1.807) is 0 Å². The molecule has 4 aromatic rings. The first-order valence-corrected chi connectivity index (χ1v) is 13.4. The number of benzene rings is 4. The first kappa shape index (κ1) is 26.9. The maximum atomic E-state index is 13.7. The van der Waals surface area contributed by atoms with Gasteiger partial charge in [0.2, 0.25) is 0 Å². The van der Waals surface area contributed by atoms with Crippen molar-refractivity contribution < 1.29 is 19.4 Å². The third kappa shape index (κ3) is 5.15. The molecule has 5 rings (SSSR count). The molecule has 0 saturated carbocycles. The van der Waals surface area contributed by atoms with Crippen LogP contribution in [0.4, 0.5) is 5.69 Å². The van der Waals surface area contributed by atoms with Gasteiger partial charge in [0.25, 0.3) is 11.7 Å². The number of carbonyl (C=O) groups is 2. The van der Waals surface area contributed by atoms with Crippen LogP contribution < -0.4 is 9.64 Å². The monoisotopic (exact) mass is 531 g/mol. The third-order valence-electron chi connectivity index (χ3n) is 7.27. The van der Waals surface area contributed by atoms with Gasteiger partial charge in [0.15, 0.2) is 0 Å². The molecule has 1 heterocycles. The molecule has 0 radical (unpaired) electrons. The van der Waals surface area contributed by atoms with E-state index in [1.807, 2.05) is 111 Å². The van der Waals surface area contributed by atoms with Gasteiger partial charge in [0, 0.05) is 11.3 Å². The fraction of sp³-hybridized carbons (Fsp3) is 0.200. The van der Waals surface area contributed by atoms with Crippen LogP contribution in [0, 0.1) is 13.8 Å². The molecular weight excluding hydrogens is 498 g/mol. The molecule has 1 N–H and O–H groups in total. The van der Waals surface area contributed by atoms with Crippen molar-refractivity contribution >= 4 is 23.1 Å². The Balaban J connectivity index is 1.70. The quantitative estimate of drug-likeness (QED) is 0.161. The zero-order chi connectivity index (χ0) is 28.6. The highest BCUT2D eigenvalue weighted by atomic mass is 16.5. The Bertz CT molecular complexity index is 1610. The van der Waals surface area contributed by atoms with Gasteiger partial charge in [-0.2, -0.15) is 0 Å². The Hall–Kier alpha value is -4.64. The van der Waals surface area contributed by atoms with Gasteiger partial charge in [-0.15, -0.1) is 0 Å². The molecule has 1 saturated heterocycles. The first-order valence-electron chi connectivity index (χ1n) is 13.4. The number of hydrogen-bond donors (Lipinski definition) is 1. The summed E-state index contributed by atoms with van der Waals surface area (Å²) in [5, 5.41) is 11.8. The molecule has 1 aliphatic rings. The van der Waals surface area contributed by atoms with Crippen LogP contribution in [0.2, 0.25) is 0 Å². The van der Waals surface area contributed by atoms with Crippen LogP contribution in [-0.4, -0.2) is 16.8 Å². The minimum Gasteiger partial charge on any atom is -0.507 e. The van der Waals surface area contributed by atoms with Crippen LogP contribution in [-0.2, 0) is 15.0 Å². The topological polar surface area (TPSA) is 66.8 Å². The van der Waals surface area contributed by atoms with Gasteiger partial charge >= 0.3 is 0 Å². The van der Waals surface area contributed by atoms with Crippen LogP contribution in [0.1, 0.15) is 54.6 Å². The van der Waals surface area contributed by atoms with E-state index in [1.165, 1.54) is 4.90 Å². The van der Waals surface area contributed by atoms with Crippen molar-refractivity contribution in [3.05, 3.63) is 130 Å². The molecule has 1 unspecified atom stereocenters. The number of rotatable bonds is 5. The predicted molar refractivity (Wildman–Crippen MR) is 159 cm³/mol. The number of ketones is 1. The number of Topliss-reactive ketones (excluding diaryl/α,β-unsaturated/α-hetero) is 1. The molecule has 1 amide bonds. The first-order chi connectivity index (χ1) is 19.0. The van der Waals surface area contributed by atoms with Crippen molar-refractivity contribution in [2.45, 2.75) is 46.1 Å². The number of carbonyl (C=O) groups excluding carboxylic acids is 2. The second-order valence-electron chi connectivity index (χ2n) is 11.3. The molecule has 0 aromatic heterocycles. The molecule has 1 atom stereocenters. The molecule has 40 heavy (non-hydrogen) atoms. The van der Waals surface area contributed by atoms with E-state index in [9.17, 15) is 14.7 Å². The third-order valence-corrected chi connectivity index (χ3v) is 7.27. The smallest absolute Gasteiger partial charge is 0.300 e. The number of amides is 1. The van der Waals surface area contributed by atoms with E-state index in [-0.39, 0.29) is 16.7 Å². The normalized spacial score (nSPS) is 16.8. The van der Waals surface area contributed by atoms with E-state index in [2.05, 4.69) is 20.8 Å². The number of hydrogen-bond acceptors (Lipinski definition) is 4. The van der Waals surface area contributed by atoms with Crippen LogP contribution in [0.5, 0.6) is 11.5 Å². The lowest BCUT2D eigenvalue weighted by Gasteiger charge is -2.26. The van der Waals surface area contributed by atoms with Crippen LogP contribution >= 0.6 is 0 Å². The van der Waals surface area contributed by atoms with E-state index in [4.69, 9.17) is 4.74 Å². The molecule has 5 nitrogen and oxygen atoms in total. The number of para-hydroxylation sites is 1. The van der Waals surface area contributed by atoms with Crippen LogP contribution in [0.25, 0.3) is 5.76 Å². The second kappa shape index (κ2) is 10.5. The van der Waals surface area contributed by atoms with E-state index >= 15 is 0 Å². The van der Waals surface area contributed by atoms with Crippen molar-refractivity contribution in [2.24, 2.45) is 0 Å². The lowest BCUT2D eigenvalue weighted by molar-refractivity contribution is -0.132. The maximum Gasteiger partial charge on any atom is 0.300 e. The van der Waals surface area contributed by atoms with Gasteiger partial charge in [-0.3, -0.25) is 14.5 Å². The molecule has 202 valence electrons. The Morgan fingerprint density at radius 3 is 2.15 bits per heavy atom. The molecule has 5 heteroatoms. The molecule has 0 aliphatic carbocycles. The lowest BCUT2D eigenvalue weighted by atomic mass is 9.84. The van der Waals surface area contributed by atoms with Crippen molar-refractivity contribution in [1.82, 2.24) is 0 Å². The zero-order valence-corrected chi connectivity index (χ0v) is 23.4. The molecule has 1 fully saturated rings. The average Bonchev–Trinajstić information content (AvgIpc) is 3.19. The van der Waals surface area contributed by atoms with Crippen molar-refractivity contribution in [1.29, 1.82) is 0 Å². The molecule has 0 bridgehead atoms. The summed E-state index contributed by atoms with van der Waals surface area (Å²) in [6, 6.07) is 29.2. The summed E-state index contributed by atoms with van der Waals surface area (Å²) in [6.45, 7) is 10.1. The minimum atomic E-state index is -0.847. The number of anilines is 1. The molecule has 0 spiro atoms. The van der Waals surface area contributed by atoms with Crippen LogP contribution in [0.15, 0.2) is 103 Å². The van der Waals surface area contributed by atoms with Gasteiger partial charge in [-0.25, -0.2) is 0 Å².